The Balaban J connectivity index is 2.33. The highest BCUT2D eigenvalue weighted by Crippen LogP contribution is 2.39. The number of nitrogens with zero attached hydrogens (tertiary/aromatic N) is 1. The summed E-state index contributed by atoms with van der Waals surface area (Å²) in [4.78, 5) is 2.58. The molecular formula is C15H22BrClN2. The summed E-state index contributed by atoms with van der Waals surface area (Å²) < 4.78 is 0.982. The molecule has 1 atom stereocenters. The van der Waals surface area contributed by atoms with Crippen LogP contribution in [0.1, 0.15) is 32.4 Å². The zero-order chi connectivity index (χ0) is 14.0. The van der Waals surface area contributed by atoms with Crippen LogP contribution in [0.15, 0.2) is 22.7 Å². The van der Waals surface area contributed by atoms with Crippen molar-refractivity contribution >= 4 is 27.5 Å². The van der Waals surface area contributed by atoms with Gasteiger partial charge in [-0.15, -0.1) is 0 Å². The lowest BCUT2D eigenvalue weighted by Gasteiger charge is -2.42. The Labute approximate surface area is 129 Å². The van der Waals surface area contributed by atoms with Crippen molar-refractivity contribution in [3.8, 4) is 0 Å². The van der Waals surface area contributed by atoms with Crippen molar-refractivity contribution in [2.24, 2.45) is 5.41 Å². The van der Waals surface area contributed by atoms with E-state index in [1.54, 1.807) is 0 Å². The number of hydrogen-bond acceptors (Lipinski definition) is 2. The molecule has 2 nitrogen and oxygen atoms in total. The molecule has 0 spiro atoms. The van der Waals surface area contributed by atoms with Crippen molar-refractivity contribution < 1.29 is 0 Å². The van der Waals surface area contributed by atoms with Crippen LogP contribution >= 0.6 is 27.5 Å². The zero-order valence-electron chi connectivity index (χ0n) is 11.8. The molecule has 4 heteroatoms. The Morgan fingerprint density at radius 3 is 2.42 bits per heavy atom. The highest BCUT2D eigenvalue weighted by atomic mass is 79.9. The fraction of sp³-hybridized carbons (Fsp3) is 0.600. The maximum absolute atomic E-state index is 6.11. The molecular weight excluding hydrogens is 324 g/mol. The molecule has 0 amide bonds. The summed E-state index contributed by atoms with van der Waals surface area (Å²) >= 11 is 9.66. The average molecular weight is 346 g/mol. The molecule has 0 bridgehead atoms. The van der Waals surface area contributed by atoms with E-state index < -0.39 is 0 Å². The van der Waals surface area contributed by atoms with E-state index in [0.717, 1.165) is 35.7 Å². The normalized spacial score (nSPS) is 19.4. The highest BCUT2D eigenvalue weighted by molar-refractivity contribution is 9.10. The number of nitrogens with one attached hydrogen (secondary N) is 1. The first-order chi connectivity index (χ1) is 8.89. The highest BCUT2D eigenvalue weighted by Gasteiger charge is 2.32. The first kappa shape index (κ1) is 15.3. The second kappa shape index (κ2) is 6.13. The molecule has 19 heavy (non-hydrogen) atoms. The predicted molar refractivity (Wildman–Crippen MR) is 85.8 cm³/mol. The fourth-order valence-electron chi connectivity index (χ4n) is 2.88. The van der Waals surface area contributed by atoms with Crippen LogP contribution in [0.5, 0.6) is 0 Å². The summed E-state index contributed by atoms with van der Waals surface area (Å²) in [6.07, 6.45) is 0. The lowest BCUT2D eigenvalue weighted by Crippen LogP contribution is -2.48. The summed E-state index contributed by atoms with van der Waals surface area (Å²) in [5, 5.41) is 4.20. The van der Waals surface area contributed by atoms with Crippen LogP contribution in [0.4, 0.5) is 0 Å². The van der Waals surface area contributed by atoms with Crippen molar-refractivity contribution in [3.63, 3.8) is 0 Å². The van der Waals surface area contributed by atoms with Gasteiger partial charge in [-0.05, 0) is 39.0 Å². The Morgan fingerprint density at radius 1 is 1.26 bits per heavy atom. The summed E-state index contributed by atoms with van der Waals surface area (Å²) in [5.74, 6) is 0. The van der Waals surface area contributed by atoms with E-state index in [-0.39, 0.29) is 5.41 Å². The van der Waals surface area contributed by atoms with E-state index >= 15 is 0 Å². The number of benzene rings is 1. The molecule has 1 aliphatic heterocycles. The molecule has 1 aromatic carbocycles. The third kappa shape index (κ3) is 3.72. The molecule has 1 fully saturated rings. The van der Waals surface area contributed by atoms with E-state index in [2.05, 4.69) is 59.1 Å². The quantitative estimate of drug-likeness (QED) is 0.868. The van der Waals surface area contributed by atoms with E-state index in [9.17, 15) is 0 Å². The Kier molecular flexibility index (Phi) is 4.93. The van der Waals surface area contributed by atoms with Crippen LogP contribution in [0.3, 0.4) is 0 Å². The largest absolute Gasteiger partial charge is 0.314 e. The van der Waals surface area contributed by atoms with Crippen molar-refractivity contribution in [1.82, 2.24) is 10.2 Å². The van der Waals surface area contributed by atoms with Crippen molar-refractivity contribution in [2.75, 3.05) is 26.2 Å². The third-order valence-electron chi connectivity index (χ3n) is 3.60. The molecule has 2 rings (SSSR count). The van der Waals surface area contributed by atoms with Crippen LogP contribution in [-0.4, -0.2) is 31.1 Å². The second-order valence-electron chi connectivity index (χ2n) is 6.23. The molecule has 0 unspecified atom stereocenters. The summed E-state index contributed by atoms with van der Waals surface area (Å²) in [6.45, 7) is 11.3. The first-order valence-electron chi connectivity index (χ1n) is 6.79. The zero-order valence-corrected chi connectivity index (χ0v) is 14.2. The minimum Gasteiger partial charge on any atom is -0.314 e. The topological polar surface area (TPSA) is 15.3 Å². The van der Waals surface area contributed by atoms with Gasteiger partial charge >= 0.3 is 0 Å². The summed E-state index contributed by atoms with van der Waals surface area (Å²) in [6, 6.07) is 6.73. The minimum absolute atomic E-state index is 0.199. The second-order valence-corrected chi connectivity index (χ2v) is 7.49. The maximum atomic E-state index is 6.11. The van der Waals surface area contributed by atoms with Crippen LogP contribution in [0, 0.1) is 5.41 Å². The predicted octanol–water partition coefficient (Wildman–Crippen LogP) is 4.09. The molecule has 0 radical (unpaired) electrons. The fourth-order valence-corrected chi connectivity index (χ4v) is 3.40. The van der Waals surface area contributed by atoms with Gasteiger partial charge in [-0.25, -0.2) is 0 Å². The SMILES string of the molecule is CC(C)(C)[C@@H](c1ccc(Cl)c(Br)c1)N1CCNCC1. The number of halogens is 2. The standard InChI is InChI=1S/C15H22BrClN2/c1-15(2,3)14(19-8-6-18-7-9-19)11-4-5-13(17)12(16)10-11/h4-5,10,14,18H,6-9H2,1-3H3/t14-/m1/s1. The average Bonchev–Trinajstić information content (AvgIpc) is 2.34. The number of piperazine rings is 1. The molecule has 0 aliphatic carbocycles. The van der Waals surface area contributed by atoms with Crippen LogP contribution in [0.25, 0.3) is 0 Å². The Bertz CT molecular complexity index is 436. The maximum Gasteiger partial charge on any atom is 0.0548 e. The van der Waals surface area contributed by atoms with Crippen molar-refractivity contribution in [2.45, 2.75) is 26.8 Å². The van der Waals surface area contributed by atoms with Gasteiger partial charge in [0.15, 0.2) is 0 Å². The van der Waals surface area contributed by atoms with Gasteiger partial charge in [-0.3, -0.25) is 4.90 Å². The number of rotatable bonds is 2. The van der Waals surface area contributed by atoms with Gasteiger partial charge in [0.25, 0.3) is 0 Å². The smallest absolute Gasteiger partial charge is 0.0548 e. The molecule has 1 aliphatic rings. The van der Waals surface area contributed by atoms with Gasteiger partial charge in [0.05, 0.1) is 5.02 Å². The first-order valence-corrected chi connectivity index (χ1v) is 7.96. The summed E-state index contributed by atoms with van der Waals surface area (Å²) in [7, 11) is 0. The van der Waals surface area contributed by atoms with Crippen LogP contribution < -0.4 is 5.32 Å². The van der Waals surface area contributed by atoms with Gasteiger partial charge in [-0.1, -0.05) is 38.4 Å². The Morgan fingerprint density at radius 2 is 1.89 bits per heavy atom. The number of hydrogen-bond donors (Lipinski definition) is 1. The monoisotopic (exact) mass is 344 g/mol. The van der Waals surface area contributed by atoms with Crippen LogP contribution in [0.2, 0.25) is 5.02 Å². The van der Waals surface area contributed by atoms with E-state index in [1.165, 1.54) is 5.56 Å². The van der Waals surface area contributed by atoms with Gasteiger partial charge in [0.2, 0.25) is 0 Å². The van der Waals surface area contributed by atoms with Crippen molar-refractivity contribution in [3.05, 3.63) is 33.3 Å². The summed E-state index contributed by atoms with van der Waals surface area (Å²) in [5.41, 5.74) is 1.54. The molecule has 1 aromatic rings. The molecule has 1 heterocycles. The van der Waals surface area contributed by atoms with Gasteiger partial charge < -0.3 is 5.32 Å². The molecule has 1 N–H and O–H groups in total. The van der Waals surface area contributed by atoms with E-state index in [4.69, 9.17) is 11.6 Å². The van der Waals surface area contributed by atoms with E-state index in [1.807, 2.05) is 6.07 Å². The van der Waals surface area contributed by atoms with E-state index in [0.29, 0.717) is 6.04 Å². The van der Waals surface area contributed by atoms with Crippen molar-refractivity contribution in [1.29, 1.82) is 0 Å². The van der Waals surface area contributed by atoms with Gasteiger partial charge in [0.1, 0.15) is 0 Å². The molecule has 0 aromatic heterocycles. The minimum atomic E-state index is 0.199. The molecule has 106 valence electrons. The lowest BCUT2D eigenvalue weighted by molar-refractivity contribution is 0.0862. The molecule has 1 saturated heterocycles. The third-order valence-corrected chi connectivity index (χ3v) is 4.81. The lowest BCUT2D eigenvalue weighted by atomic mass is 9.81. The molecule has 0 saturated carbocycles. The van der Waals surface area contributed by atoms with Gasteiger partial charge in [0, 0.05) is 36.7 Å². The van der Waals surface area contributed by atoms with Gasteiger partial charge in [-0.2, -0.15) is 0 Å². The Hall–Kier alpha value is -0.0900. The van der Waals surface area contributed by atoms with Crippen LogP contribution in [-0.2, 0) is 0 Å².